The van der Waals surface area contributed by atoms with Crippen LogP contribution in [0.25, 0.3) is 0 Å². The normalized spacial score (nSPS) is 11.7. The molecule has 0 aliphatic rings. The number of nitrogens with zero attached hydrogens (tertiary/aromatic N) is 6. The molecule has 202 valence electrons. The molecule has 0 spiro atoms. The molecule has 1 amide bonds. The SMILES string of the molecule is Cc1cccc(Oc2ccccc2/C(=N/OCc2cccc(NC(=O)OC(C)(C)C)n2)c2nnnn2C)c1C. The van der Waals surface area contributed by atoms with Gasteiger partial charge < -0.3 is 14.3 Å². The van der Waals surface area contributed by atoms with E-state index in [1.54, 1.807) is 46.0 Å². The first-order chi connectivity index (χ1) is 18.6. The van der Waals surface area contributed by atoms with Crippen LogP contribution in [0.1, 0.15) is 49.0 Å². The summed E-state index contributed by atoms with van der Waals surface area (Å²) in [5, 5.41) is 18.9. The lowest BCUT2D eigenvalue weighted by Gasteiger charge is -2.19. The molecule has 0 unspecified atom stereocenters. The van der Waals surface area contributed by atoms with Crippen LogP contribution in [0.3, 0.4) is 0 Å². The van der Waals surface area contributed by atoms with Crippen molar-refractivity contribution in [1.29, 1.82) is 0 Å². The largest absolute Gasteiger partial charge is 0.456 e. The Morgan fingerprint density at radius 1 is 1.00 bits per heavy atom. The quantitative estimate of drug-likeness (QED) is 0.240. The minimum Gasteiger partial charge on any atom is -0.456 e. The van der Waals surface area contributed by atoms with Crippen molar-refractivity contribution < 1.29 is 19.1 Å². The highest BCUT2D eigenvalue weighted by molar-refractivity contribution is 6.12. The number of amides is 1. The second kappa shape index (κ2) is 11.7. The Balaban J connectivity index is 1.59. The predicted octanol–water partition coefficient (Wildman–Crippen LogP) is 5.33. The fraction of sp³-hybridized carbons (Fsp3) is 0.286. The standard InChI is InChI=1S/C28H31N7O4/c1-18-11-9-15-22(19(18)2)38-23-14-8-7-13-21(23)25(26-31-33-34-35(26)6)32-37-17-20-12-10-16-24(29-20)30-27(36)39-28(3,4)5/h7-16H,17H2,1-6H3,(H,29,30,36)/b32-25-. The third-order valence-electron chi connectivity index (χ3n) is 5.55. The molecule has 0 saturated carbocycles. The van der Waals surface area contributed by atoms with Crippen LogP contribution in [-0.2, 0) is 23.2 Å². The second-order valence-electron chi connectivity index (χ2n) is 9.78. The van der Waals surface area contributed by atoms with E-state index < -0.39 is 11.7 Å². The Labute approximate surface area is 226 Å². The number of nitrogens with one attached hydrogen (secondary N) is 1. The van der Waals surface area contributed by atoms with Crippen molar-refractivity contribution in [2.75, 3.05) is 5.32 Å². The average Bonchev–Trinajstić information content (AvgIpc) is 3.30. The number of oxime groups is 1. The van der Waals surface area contributed by atoms with Crippen molar-refractivity contribution in [1.82, 2.24) is 25.2 Å². The summed E-state index contributed by atoms with van der Waals surface area (Å²) >= 11 is 0. The van der Waals surface area contributed by atoms with Gasteiger partial charge in [0.05, 0.1) is 11.3 Å². The zero-order valence-corrected chi connectivity index (χ0v) is 22.8. The summed E-state index contributed by atoms with van der Waals surface area (Å²) in [6.45, 7) is 9.44. The number of hydrogen-bond donors (Lipinski definition) is 1. The number of anilines is 1. The molecule has 11 nitrogen and oxygen atoms in total. The molecule has 39 heavy (non-hydrogen) atoms. The molecular formula is C28H31N7O4. The van der Waals surface area contributed by atoms with E-state index in [2.05, 4.69) is 31.0 Å². The molecule has 11 heteroatoms. The topological polar surface area (TPSA) is 126 Å². The molecule has 4 aromatic rings. The molecule has 4 rings (SSSR count). The fourth-order valence-corrected chi connectivity index (χ4v) is 3.55. The summed E-state index contributed by atoms with van der Waals surface area (Å²) in [4.78, 5) is 22.2. The number of hydrogen-bond acceptors (Lipinski definition) is 9. The van der Waals surface area contributed by atoms with Crippen molar-refractivity contribution >= 4 is 17.6 Å². The molecule has 2 aromatic carbocycles. The molecule has 1 N–H and O–H groups in total. The van der Waals surface area contributed by atoms with Gasteiger partial charge in [0.2, 0.25) is 5.82 Å². The van der Waals surface area contributed by atoms with Gasteiger partial charge in [0.25, 0.3) is 0 Å². The summed E-state index contributed by atoms with van der Waals surface area (Å²) in [6.07, 6.45) is -0.594. The van der Waals surface area contributed by atoms with Crippen molar-refractivity contribution in [2.24, 2.45) is 12.2 Å². The third-order valence-corrected chi connectivity index (χ3v) is 5.55. The summed E-state index contributed by atoms with van der Waals surface area (Å²) in [7, 11) is 1.71. The van der Waals surface area contributed by atoms with E-state index in [4.69, 9.17) is 14.3 Å². The van der Waals surface area contributed by atoms with E-state index in [-0.39, 0.29) is 6.61 Å². The number of carbonyl (C=O) groups is 1. The van der Waals surface area contributed by atoms with Crippen LogP contribution in [0, 0.1) is 13.8 Å². The Hall–Kier alpha value is -4.80. The summed E-state index contributed by atoms with van der Waals surface area (Å²) in [5.74, 6) is 2.02. The number of aryl methyl sites for hydroxylation is 2. The maximum Gasteiger partial charge on any atom is 0.413 e. The van der Waals surface area contributed by atoms with Crippen LogP contribution in [0.4, 0.5) is 10.6 Å². The highest BCUT2D eigenvalue weighted by Crippen LogP contribution is 2.30. The maximum atomic E-state index is 12.1. The van der Waals surface area contributed by atoms with Gasteiger partial charge in [-0.3, -0.25) is 5.32 Å². The lowest BCUT2D eigenvalue weighted by molar-refractivity contribution is 0.0635. The lowest BCUT2D eigenvalue weighted by atomic mass is 10.1. The van der Waals surface area contributed by atoms with Crippen molar-refractivity contribution in [2.45, 2.75) is 46.8 Å². The molecule has 0 bridgehead atoms. The monoisotopic (exact) mass is 529 g/mol. The number of ether oxygens (including phenoxy) is 2. The van der Waals surface area contributed by atoms with Gasteiger partial charge in [-0.1, -0.05) is 35.5 Å². The number of pyridine rings is 1. The lowest BCUT2D eigenvalue weighted by Crippen LogP contribution is -2.27. The number of benzene rings is 2. The molecule has 0 aliphatic heterocycles. The van der Waals surface area contributed by atoms with Gasteiger partial charge in [0, 0.05) is 7.05 Å². The Morgan fingerprint density at radius 2 is 1.74 bits per heavy atom. The Bertz CT molecular complexity index is 1490. The van der Waals surface area contributed by atoms with Gasteiger partial charge in [-0.05, 0) is 86.5 Å². The number of para-hydroxylation sites is 1. The van der Waals surface area contributed by atoms with Gasteiger partial charge >= 0.3 is 6.09 Å². The summed E-state index contributed by atoms with van der Waals surface area (Å²) in [5.41, 5.74) is 3.10. The van der Waals surface area contributed by atoms with Gasteiger partial charge in [-0.25, -0.2) is 14.5 Å². The van der Waals surface area contributed by atoms with Crippen molar-refractivity contribution in [3.8, 4) is 11.5 Å². The molecule has 2 heterocycles. The van der Waals surface area contributed by atoms with Crippen molar-refractivity contribution in [3.63, 3.8) is 0 Å². The minimum absolute atomic E-state index is 0.0264. The highest BCUT2D eigenvalue weighted by atomic mass is 16.6. The number of aromatic nitrogens is 5. The zero-order chi connectivity index (χ0) is 28.0. The van der Waals surface area contributed by atoms with E-state index in [0.29, 0.717) is 34.4 Å². The predicted molar refractivity (Wildman–Crippen MR) is 146 cm³/mol. The minimum atomic E-state index is -0.622. The van der Waals surface area contributed by atoms with Crippen LogP contribution in [0.5, 0.6) is 11.5 Å². The van der Waals surface area contributed by atoms with Crippen molar-refractivity contribution in [3.05, 3.63) is 88.9 Å². The Morgan fingerprint density at radius 3 is 2.49 bits per heavy atom. The maximum absolute atomic E-state index is 12.1. The smallest absolute Gasteiger partial charge is 0.413 e. The van der Waals surface area contributed by atoms with E-state index in [9.17, 15) is 4.79 Å². The van der Waals surface area contributed by atoms with Gasteiger partial charge in [-0.15, -0.1) is 5.10 Å². The first kappa shape index (κ1) is 27.2. The molecular weight excluding hydrogens is 498 g/mol. The van der Waals surface area contributed by atoms with Crippen LogP contribution in [-0.4, -0.2) is 42.6 Å². The molecule has 2 aromatic heterocycles. The first-order valence-corrected chi connectivity index (χ1v) is 12.3. The van der Waals surface area contributed by atoms with E-state index in [0.717, 1.165) is 16.9 Å². The summed E-state index contributed by atoms with van der Waals surface area (Å²) < 4.78 is 13.1. The first-order valence-electron chi connectivity index (χ1n) is 12.3. The van der Waals surface area contributed by atoms with E-state index >= 15 is 0 Å². The molecule has 0 saturated heterocycles. The third kappa shape index (κ3) is 7.16. The molecule has 0 radical (unpaired) electrons. The van der Waals surface area contributed by atoms with Gasteiger partial charge in [0.1, 0.15) is 22.9 Å². The van der Waals surface area contributed by atoms with Gasteiger partial charge in [-0.2, -0.15) is 0 Å². The average molecular weight is 530 g/mol. The number of carbonyl (C=O) groups excluding carboxylic acids is 1. The van der Waals surface area contributed by atoms with Gasteiger partial charge in [0.15, 0.2) is 12.3 Å². The Kier molecular flexibility index (Phi) is 8.18. The van der Waals surface area contributed by atoms with E-state index in [1.807, 2.05) is 56.3 Å². The molecule has 0 fully saturated rings. The summed E-state index contributed by atoms with van der Waals surface area (Å²) in [6, 6.07) is 18.5. The van der Waals surface area contributed by atoms with Crippen LogP contribution in [0.2, 0.25) is 0 Å². The van der Waals surface area contributed by atoms with Crippen LogP contribution in [0.15, 0.2) is 65.8 Å². The van der Waals surface area contributed by atoms with Crippen LogP contribution >= 0.6 is 0 Å². The molecule has 0 atom stereocenters. The second-order valence-corrected chi connectivity index (χ2v) is 9.78. The number of rotatable bonds is 8. The number of tetrazole rings is 1. The highest BCUT2D eigenvalue weighted by Gasteiger charge is 2.20. The van der Waals surface area contributed by atoms with Crippen LogP contribution < -0.4 is 10.1 Å². The fourth-order valence-electron chi connectivity index (χ4n) is 3.55. The van der Waals surface area contributed by atoms with E-state index in [1.165, 1.54) is 4.68 Å². The molecule has 0 aliphatic carbocycles. The zero-order valence-electron chi connectivity index (χ0n) is 22.8.